The number of anilines is 5. The Labute approximate surface area is 259 Å². The monoisotopic (exact) mass is 566 g/mol. The zero-order valence-electron chi connectivity index (χ0n) is 25.2. The summed E-state index contributed by atoms with van der Waals surface area (Å²) in [5.41, 5.74) is 17.2. The molecule has 44 heavy (non-hydrogen) atoms. The molecule has 1 unspecified atom stereocenters. The van der Waals surface area contributed by atoms with E-state index in [1.54, 1.807) is 0 Å². The third-order valence-electron chi connectivity index (χ3n) is 10.2. The van der Waals surface area contributed by atoms with Gasteiger partial charge in [0, 0.05) is 39.9 Å². The first kappa shape index (κ1) is 25.4. The molecule has 1 atom stereocenters. The van der Waals surface area contributed by atoms with Crippen molar-refractivity contribution in [2.24, 2.45) is 0 Å². The highest BCUT2D eigenvalue weighted by atomic mass is 15.2. The molecule has 6 aromatic rings. The van der Waals surface area contributed by atoms with Gasteiger partial charge in [-0.15, -0.1) is 0 Å². The number of rotatable bonds is 4. The van der Waals surface area contributed by atoms with Gasteiger partial charge >= 0.3 is 0 Å². The molecule has 0 N–H and O–H groups in total. The lowest BCUT2D eigenvalue weighted by Crippen LogP contribution is -2.22. The maximum Gasteiger partial charge on any atom is 0.0465 e. The summed E-state index contributed by atoms with van der Waals surface area (Å²) in [6.07, 6.45) is 2.24. The second-order valence-electron chi connectivity index (χ2n) is 13.0. The first-order chi connectivity index (χ1) is 21.6. The molecule has 0 bridgehead atoms. The van der Waals surface area contributed by atoms with Crippen molar-refractivity contribution in [2.45, 2.75) is 38.1 Å². The first-order valence-corrected chi connectivity index (χ1v) is 15.8. The van der Waals surface area contributed by atoms with E-state index in [1.807, 2.05) is 0 Å². The summed E-state index contributed by atoms with van der Waals surface area (Å²) in [7, 11) is 0. The van der Waals surface area contributed by atoms with Crippen molar-refractivity contribution in [3.05, 3.63) is 162 Å². The van der Waals surface area contributed by atoms with Crippen molar-refractivity contribution in [1.29, 1.82) is 0 Å². The predicted octanol–water partition coefficient (Wildman–Crippen LogP) is 10.7. The number of nitrogens with zero attached hydrogens (tertiary/aromatic N) is 2. The van der Waals surface area contributed by atoms with Gasteiger partial charge in [-0.05, 0) is 112 Å². The number of fused-ring (bicyclic) bond motifs is 8. The Morgan fingerprint density at radius 2 is 1.16 bits per heavy atom. The van der Waals surface area contributed by atoms with Crippen molar-refractivity contribution in [2.75, 3.05) is 9.80 Å². The van der Waals surface area contributed by atoms with Gasteiger partial charge in [-0.1, -0.05) is 98.8 Å². The molecule has 0 amide bonds. The fraction of sp³-hybridized carbons (Fsp3) is 0.143. The van der Waals surface area contributed by atoms with E-state index in [4.69, 9.17) is 0 Å². The van der Waals surface area contributed by atoms with E-state index in [2.05, 4.69) is 163 Å². The molecule has 0 radical (unpaired) electrons. The SMILES string of the molecule is CC1(C)c2ccccc2-c2ccc(N(c3ccccc3)c3ccc(-c4ccc5c(c4)CC4Cc6ccccc6N54)cc3)cc21. The molecule has 3 aliphatic rings. The van der Waals surface area contributed by atoms with Crippen LogP contribution in [0.1, 0.15) is 36.1 Å². The summed E-state index contributed by atoms with van der Waals surface area (Å²) in [5, 5.41) is 0. The van der Waals surface area contributed by atoms with Gasteiger partial charge < -0.3 is 9.80 Å². The number of hydrogen-bond acceptors (Lipinski definition) is 2. The quantitative estimate of drug-likeness (QED) is 0.209. The fourth-order valence-corrected chi connectivity index (χ4v) is 8.03. The Morgan fingerprint density at radius 1 is 0.523 bits per heavy atom. The summed E-state index contributed by atoms with van der Waals surface area (Å²) in [5.74, 6) is 0. The molecular weight excluding hydrogens is 532 g/mol. The van der Waals surface area contributed by atoms with Crippen LogP contribution in [0.25, 0.3) is 22.3 Å². The molecular formula is C42H34N2. The molecule has 212 valence electrons. The van der Waals surface area contributed by atoms with Crippen LogP contribution in [-0.2, 0) is 18.3 Å². The van der Waals surface area contributed by atoms with E-state index >= 15 is 0 Å². The lowest BCUT2D eigenvalue weighted by atomic mass is 9.82. The maximum atomic E-state index is 2.56. The number of para-hydroxylation sites is 2. The van der Waals surface area contributed by atoms with Crippen LogP contribution in [0.4, 0.5) is 28.4 Å². The molecule has 2 heteroatoms. The van der Waals surface area contributed by atoms with Crippen LogP contribution >= 0.6 is 0 Å². The van der Waals surface area contributed by atoms with Gasteiger partial charge in [0.2, 0.25) is 0 Å². The minimum Gasteiger partial charge on any atom is -0.337 e. The van der Waals surface area contributed by atoms with Crippen molar-refractivity contribution < 1.29 is 0 Å². The van der Waals surface area contributed by atoms with E-state index in [-0.39, 0.29) is 5.41 Å². The Bertz CT molecular complexity index is 2060. The fourth-order valence-electron chi connectivity index (χ4n) is 8.03. The standard InChI is InChI=1S/C42H34N2/c1-42(2)38-14-8-7-13-36(38)37-22-21-34(27-39(37)42)43(32-11-4-3-5-12-32)33-19-16-28(17-20-33)29-18-23-41-31(24-29)26-35-25-30-10-6-9-15-40(30)44(35)41/h3-24,27,35H,25-26H2,1-2H3. The summed E-state index contributed by atoms with van der Waals surface area (Å²) in [6, 6.07) is 52.2. The van der Waals surface area contributed by atoms with Crippen LogP contribution in [0.5, 0.6) is 0 Å². The zero-order valence-corrected chi connectivity index (χ0v) is 25.2. The average molecular weight is 567 g/mol. The smallest absolute Gasteiger partial charge is 0.0465 e. The third kappa shape index (κ3) is 3.74. The van der Waals surface area contributed by atoms with Crippen LogP contribution in [0, 0.1) is 0 Å². The van der Waals surface area contributed by atoms with Gasteiger partial charge in [-0.25, -0.2) is 0 Å². The second-order valence-corrected chi connectivity index (χ2v) is 13.0. The Balaban J connectivity index is 1.07. The van der Waals surface area contributed by atoms with E-state index in [0.717, 1.165) is 24.2 Å². The average Bonchev–Trinajstić information content (AvgIpc) is 3.68. The topological polar surface area (TPSA) is 6.48 Å². The molecule has 1 aliphatic carbocycles. The van der Waals surface area contributed by atoms with Gasteiger partial charge in [0.25, 0.3) is 0 Å². The number of benzene rings is 6. The molecule has 2 nitrogen and oxygen atoms in total. The van der Waals surface area contributed by atoms with Gasteiger partial charge in [-0.3, -0.25) is 0 Å². The lowest BCUT2D eigenvalue weighted by Gasteiger charge is -2.28. The molecule has 0 spiro atoms. The maximum absolute atomic E-state index is 2.56. The van der Waals surface area contributed by atoms with Crippen molar-refractivity contribution >= 4 is 28.4 Å². The summed E-state index contributed by atoms with van der Waals surface area (Å²) in [6.45, 7) is 4.70. The zero-order chi connectivity index (χ0) is 29.4. The van der Waals surface area contributed by atoms with Gasteiger partial charge in [-0.2, -0.15) is 0 Å². The van der Waals surface area contributed by atoms with Crippen molar-refractivity contribution in [3.8, 4) is 22.3 Å². The molecule has 0 aromatic heterocycles. The van der Waals surface area contributed by atoms with E-state index < -0.39 is 0 Å². The normalized spacial score (nSPS) is 16.6. The van der Waals surface area contributed by atoms with Gasteiger partial charge in [0.1, 0.15) is 0 Å². The van der Waals surface area contributed by atoms with Crippen LogP contribution in [0.2, 0.25) is 0 Å². The van der Waals surface area contributed by atoms with Gasteiger partial charge in [0.15, 0.2) is 0 Å². The Morgan fingerprint density at radius 3 is 2.02 bits per heavy atom. The van der Waals surface area contributed by atoms with E-state index in [1.165, 1.54) is 61.6 Å². The van der Waals surface area contributed by atoms with E-state index in [9.17, 15) is 0 Å². The van der Waals surface area contributed by atoms with Crippen LogP contribution in [0.15, 0.2) is 140 Å². The highest BCUT2D eigenvalue weighted by Crippen LogP contribution is 2.51. The molecule has 2 aliphatic heterocycles. The Hall–Kier alpha value is -5.08. The summed E-state index contributed by atoms with van der Waals surface area (Å²) >= 11 is 0. The highest BCUT2D eigenvalue weighted by Gasteiger charge is 2.37. The summed E-state index contributed by atoms with van der Waals surface area (Å²) < 4.78 is 0. The largest absolute Gasteiger partial charge is 0.337 e. The lowest BCUT2D eigenvalue weighted by molar-refractivity contribution is 0.660. The predicted molar refractivity (Wildman–Crippen MR) is 184 cm³/mol. The third-order valence-corrected chi connectivity index (χ3v) is 10.2. The molecule has 0 saturated carbocycles. The van der Waals surface area contributed by atoms with Crippen molar-refractivity contribution in [1.82, 2.24) is 0 Å². The van der Waals surface area contributed by atoms with E-state index in [0.29, 0.717) is 6.04 Å². The number of hydrogen-bond donors (Lipinski definition) is 0. The summed E-state index contributed by atoms with van der Waals surface area (Å²) in [4.78, 5) is 4.95. The Kier molecular flexibility index (Phi) is 5.47. The van der Waals surface area contributed by atoms with Crippen LogP contribution in [0.3, 0.4) is 0 Å². The van der Waals surface area contributed by atoms with Gasteiger partial charge in [0.05, 0.1) is 0 Å². The molecule has 6 aromatic carbocycles. The van der Waals surface area contributed by atoms with Crippen molar-refractivity contribution in [3.63, 3.8) is 0 Å². The van der Waals surface area contributed by atoms with Crippen LogP contribution < -0.4 is 9.80 Å². The molecule has 2 heterocycles. The molecule has 9 rings (SSSR count). The van der Waals surface area contributed by atoms with Crippen LogP contribution in [-0.4, -0.2) is 6.04 Å². The minimum atomic E-state index is -0.0428. The minimum absolute atomic E-state index is 0.0428. The first-order valence-electron chi connectivity index (χ1n) is 15.8. The molecule has 0 saturated heterocycles. The highest BCUT2D eigenvalue weighted by molar-refractivity contribution is 5.86. The molecule has 0 fully saturated rings. The second kappa shape index (κ2) is 9.46.